The van der Waals surface area contributed by atoms with Crippen LogP contribution in [0.1, 0.15) is 0 Å². The van der Waals surface area contributed by atoms with Crippen LogP contribution in [0.4, 0.5) is 4.79 Å². The number of thioether (sulfide) groups is 2. The van der Waals surface area contributed by atoms with Crippen molar-refractivity contribution in [2.45, 2.75) is 0 Å². The Labute approximate surface area is 200 Å². The maximum Gasteiger partial charge on any atom is 1.00 e. The summed E-state index contributed by atoms with van der Waals surface area (Å²) < 4.78 is 60.4. The van der Waals surface area contributed by atoms with Gasteiger partial charge in [0.25, 0.3) is 0 Å². The Hall–Kier alpha value is 3.46. The molecular weight excluding hydrogens is 379 g/mol. The van der Waals surface area contributed by atoms with E-state index >= 15 is 0 Å². The normalized spacial score (nSPS) is 11.2. The van der Waals surface area contributed by atoms with Gasteiger partial charge in [-0.25, -0.2) is 16.8 Å². The van der Waals surface area contributed by atoms with E-state index in [-0.39, 0.29) is 114 Å². The standard InChI is InChI=1S/C5H10O7S4.2K/c6-5(13-1-3-15(7,8)9)14-2-4-16(10,11)12;;/h1-4H2,(H,7,8,9)(H,10,11,12);;/q;2*+1/p-2. The van der Waals surface area contributed by atoms with Crippen LogP contribution >= 0.6 is 23.5 Å². The van der Waals surface area contributed by atoms with E-state index in [1.54, 1.807) is 0 Å². The molecule has 0 heterocycles. The largest absolute Gasteiger partial charge is 1.00 e. The van der Waals surface area contributed by atoms with Crippen LogP contribution in [-0.4, -0.2) is 53.4 Å². The second-order valence-corrected chi connectivity index (χ2v) is 7.91. The second-order valence-electron chi connectivity index (χ2n) is 2.47. The van der Waals surface area contributed by atoms with E-state index in [4.69, 9.17) is 0 Å². The summed E-state index contributed by atoms with van der Waals surface area (Å²) in [4.78, 5) is 10.9. The zero-order valence-electron chi connectivity index (χ0n) is 9.82. The molecule has 18 heavy (non-hydrogen) atoms. The molecule has 0 aliphatic rings. The van der Waals surface area contributed by atoms with Crippen LogP contribution < -0.4 is 103 Å². The van der Waals surface area contributed by atoms with E-state index in [1.807, 2.05) is 0 Å². The van der Waals surface area contributed by atoms with Crippen molar-refractivity contribution in [2.75, 3.05) is 23.0 Å². The van der Waals surface area contributed by atoms with Crippen molar-refractivity contribution in [3.8, 4) is 0 Å². The Morgan fingerprint density at radius 2 is 1.11 bits per heavy atom. The van der Waals surface area contributed by atoms with Gasteiger partial charge in [-0.05, 0) is 0 Å². The van der Waals surface area contributed by atoms with Crippen LogP contribution in [0.2, 0.25) is 0 Å². The third-order valence-electron chi connectivity index (χ3n) is 1.11. The van der Waals surface area contributed by atoms with Gasteiger partial charge in [0.15, 0.2) is 0 Å². The summed E-state index contributed by atoms with van der Waals surface area (Å²) >= 11 is 1.20. The predicted octanol–water partition coefficient (Wildman–Crippen LogP) is -6.33. The Morgan fingerprint density at radius 1 is 0.833 bits per heavy atom. The van der Waals surface area contributed by atoms with Gasteiger partial charge in [0.2, 0.25) is 4.45 Å². The van der Waals surface area contributed by atoms with E-state index in [0.29, 0.717) is 23.5 Å². The van der Waals surface area contributed by atoms with Gasteiger partial charge in [0.05, 0.1) is 20.2 Å². The number of rotatable bonds is 6. The van der Waals surface area contributed by atoms with E-state index in [0.717, 1.165) is 0 Å². The van der Waals surface area contributed by atoms with Crippen LogP contribution in [0.15, 0.2) is 0 Å². The van der Waals surface area contributed by atoms with Crippen LogP contribution in [0.25, 0.3) is 0 Å². The summed E-state index contributed by atoms with van der Waals surface area (Å²) in [5, 5.41) is 0. The summed E-state index contributed by atoms with van der Waals surface area (Å²) in [6.45, 7) is 0. The first kappa shape index (κ1) is 26.4. The van der Waals surface area contributed by atoms with Crippen molar-refractivity contribution in [3.63, 3.8) is 0 Å². The summed E-state index contributed by atoms with van der Waals surface area (Å²) in [5.41, 5.74) is 0. The Bertz CT molecular complexity index is 391. The van der Waals surface area contributed by atoms with E-state index in [9.17, 15) is 30.7 Å². The molecule has 13 heteroatoms. The maximum atomic E-state index is 10.9. The molecule has 0 saturated heterocycles. The SMILES string of the molecule is O=C(SCCS(=O)(=O)[O-])SCCS(=O)(=O)[O-].[K+].[K+]. The van der Waals surface area contributed by atoms with Crippen LogP contribution in [0.5, 0.6) is 0 Å². The van der Waals surface area contributed by atoms with Crippen molar-refractivity contribution in [1.82, 2.24) is 0 Å². The fraction of sp³-hybridized carbons (Fsp3) is 0.800. The number of hydrogen-bond donors (Lipinski definition) is 0. The van der Waals surface area contributed by atoms with Gasteiger partial charge in [-0.2, -0.15) is 0 Å². The van der Waals surface area contributed by atoms with Gasteiger partial charge < -0.3 is 9.11 Å². The predicted molar refractivity (Wildman–Crippen MR) is 59.4 cm³/mol. The molecule has 0 amide bonds. The third kappa shape index (κ3) is 21.8. The summed E-state index contributed by atoms with van der Waals surface area (Å²) in [6.07, 6.45) is 0. The zero-order valence-corrected chi connectivity index (χ0v) is 19.3. The molecule has 0 aliphatic carbocycles. The molecule has 0 rings (SSSR count). The van der Waals surface area contributed by atoms with Gasteiger partial charge in [-0.3, -0.25) is 4.79 Å². The molecular formula is C5H8K2O7S4. The van der Waals surface area contributed by atoms with E-state index in [2.05, 4.69) is 0 Å². The average molecular weight is 387 g/mol. The van der Waals surface area contributed by atoms with Crippen molar-refractivity contribution in [3.05, 3.63) is 0 Å². The van der Waals surface area contributed by atoms with Gasteiger partial charge >= 0.3 is 103 Å². The zero-order chi connectivity index (χ0) is 12.8. The molecule has 0 N–H and O–H groups in total. The fourth-order valence-corrected chi connectivity index (χ4v) is 3.96. The van der Waals surface area contributed by atoms with Gasteiger partial charge in [0.1, 0.15) is 0 Å². The molecule has 0 unspecified atom stereocenters. The number of hydrogen-bond acceptors (Lipinski definition) is 9. The molecule has 0 aromatic carbocycles. The molecule has 0 radical (unpaired) electrons. The summed E-state index contributed by atoms with van der Waals surface area (Å²) in [7, 11) is -8.68. The molecule has 7 nitrogen and oxygen atoms in total. The topological polar surface area (TPSA) is 131 Å². The van der Waals surface area contributed by atoms with Crippen molar-refractivity contribution >= 4 is 48.2 Å². The number of carbonyl (C=O) groups excluding carboxylic acids is 1. The molecule has 0 atom stereocenters. The van der Waals surface area contributed by atoms with E-state index < -0.39 is 36.2 Å². The van der Waals surface area contributed by atoms with Crippen molar-refractivity contribution in [2.24, 2.45) is 0 Å². The third-order valence-corrected chi connectivity index (χ3v) is 5.03. The van der Waals surface area contributed by atoms with Crippen molar-refractivity contribution in [1.29, 1.82) is 0 Å². The van der Waals surface area contributed by atoms with Crippen LogP contribution in [0, 0.1) is 0 Å². The fourth-order valence-electron chi connectivity index (χ4n) is 0.496. The second kappa shape index (κ2) is 13.0. The number of carbonyl (C=O) groups is 1. The first-order chi connectivity index (χ1) is 7.10. The minimum atomic E-state index is -4.34. The minimum Gasteiger partial charge on any atom is -0.748 e. The Kier molecular flexibility index (Phi) is 19.0. The van der Waals surface area contributed by atoms with Gasteiger partial charge in [0, 0.05) is 23.0 Å². The molecule has 0 fully saturated rings. The van der Waals surface area contributed by atoms with Gasteiger partial charge in [-0.15, -0.1) is 0 Å². The van der Waals surface area contributed by atoms with E-state index in [1.165, 1.54) is 0 Å². The Morgan fingerprint density at radius 3 is 1.33 bits per heavy atom. The van der Waals surface area contributed by atoms with Crippen molar-refractivity contribution < 1.29 is 134 Å². The van der Waals surface area contributed by atoms with Gasteiger partial charge in [-0.1, -0.05) is 23.5 Å². The maximum absolute atomic E-state index is 10.9. The average Bonchev–Trinajstić information content (AvgIpc) is 1.98. The smallest absolute Gasteiger partial charge is 0.748 e. The monoisotopic (exact) mass is 386 g/mol. The molecule has 96 valence electrons. The Balaban J connectivity index is -0.00000112. The first-order valence-corrected chi connectivity index (χ1v) is 8.89. The summed E-state index contributed by atoms with van der Waals surface area (Å²) in [6, 6.07) is 0. The van der Waals surface area contributed by atoms with Crippen LogP contribution in [-0.2, 0) is 20.2 Å². The quantitative estimate of drug-likeness (QED) is 0.323. The molecule has 0 saturated carbocycles. The molecule has 0 aromatic heterocycles. The molecule has 0 aliphatic heterocycles. The molecule has 0 bridgehead atoms. The van der Waals surface area contributed by atoms with Crippen LogP contribution in [0.3, 0.4) is 0 Å². The minimum absolute atomic E-state index is 0. The molecule has 0 spiro atoms. The summed E-state index contributed by atoms with van der Waals surface area (Å²) in [5.74, 6) is -1.68. The first-order valence-electron chi connectivity index (χ1n) is 3.77. The molecule has 0 aromatic rings.